The normalized spacial score (nSPS) is 22.9. The highest BCUT2D eigenvalue weighted by molar-refractivity contribution is 6.30. The van der Waals surface area contributed by atoms with Crippen molar-refractivity contribution in [2.75, 3.05) is 6.61 Å². The van der Waals surface area contributed by atoms with Crippen LogP contribution in [0.1, 0.15) is 24.8 Å². The Labute approximate surface area is 111 Å². The van der Waals surface area contributed by atoms with Gasteiger partial charge in [0.2, 0.25) is 0 Å². The number of hydrogen-bond donors (Lipinski definition) is 0. The van der Waals surface area contributed by atoms with Gasteiger partial charge in [0.15, 0.2) is 0 Å². The summed E-state index contributed by atoms with van der Waals surface area (Å²) in [5.74, 6) is -0.261. The molecule has 18 heavy (non-hydrogen) atoms. The van der Waals surface area contributed by atoms with E-state index in [0.717, 1.165) is 12.0 Å². The number of esters is 1. The second-order valence-electron chi connectivity index (χ2n) is 4.66. The molecule has 94 valence electrons. The fourth-order valence-corrected chi connectivity index (χ4v) is 2.01. The first-order valence-corrected chi connectivity index (χ1v) is 6.31. The van der Waals surface area contributed by atoms with Crippen LogP contribution in [0.25, 0.3) is 0 Å². The summed E-state index contributed by atoms with van der Waals surface area (Å²) >= 11 is 5.81. The minimum absolute atomic E-state index is 0.0583. The molecule has 0 aliphatic heterocycles. The highest BCUT2D eigenvalue weighted by Crippen LogP contribution is 2.48. The van der Waals surface area contributed by atoms with Crippen molar-refractivity contribution >= 4 is 17.6 Å². The van der Waals surface area contributed by atoms with Crippen LogP contribution in [-0.4, -0.2) is 12.6 Å². The molecule has 0 heterocycles. The molecule has 3 atom stereocenters. The molecule has 0 saturated heterocycles. The number of hydrogen-bond acceptors (Lipinski definition) is 3. The lowest BCUT2D eigenvalue weighted by atomic mass is 10.1. The topological polar surface area (TPSA) is 50.1 Å². The van der Waals surface area contributed by atoms with Gasteiger partial charge >= 0.3 is 5.97 Å². The van der Waals surface area contributed by atoms with Crippen LogP contribution in [0, 0.1) is 23.2 Å². The summed E-state index contributed by atoms with van der Waals surface area (Å²) in [5.41, 5.74) is 1.12. The van der Waals surface area contributed by atoms with Crippen LogP contribution < -0.4 is 0 Å². The van der Waals surface area contributed by atoms with Crippen molar-refractivity contribution in [1.29, 1.82) is 5.26 Å². The standard InChI is InChI=1S/C14H14ClNO2/c1-9(7-16)8-18-14(17)13-6-12(13)10-2-4-11(15)5-3-10/h2-5,9,12-13H,6,8H2,1H3/t9-,12-,13-/m1/s1. The van der Waals surface area contributed by atoms with Crippen LogP contribution in [0.3, 0.4) is 0 Å². The fraction of sp³-hybridized carbons (Fsp3) is 0.429. The molecular weight excluding hydrogens is 250 g/mol. The molecule has 4 heteroatoms. The van der Waals surface area contributed by atoms with E-state index in [1.54, 1.807) is 6.92 Å². The second kappa shape index (κ2) is 5.41. The van der Waals surface area contributed by atoms with Gasteiger partial charge in [-0.3, -0.25) is 4.79 Å². The zero-order valence-electron chi connectivity index (χ0n) is 10.1. The molecule has 1 aliphatic rings. The number of nitriles is 1. The average Bonchev–Trinajstić information content (AvgIpc) is 3.16. The van der Waals surface area contributed by atoms with E-state index in [2.05, 4.69) is 0 Å². The Morgan fingerprint density at radius 2 is 2.22 bits per heavy atom. The number of halogens is 1. The van der Waals surface area contributed by atoms with Crippen molar-refractivity contribution in [3.63, 3.8) is 0 Å². The van der Waals surface area contributed by atoms with Crippen LogP contribution >= 0.6 is 11.6 Å². The Bertz CT molecular complexity index is 478. The lowest BCUT2D eigenvalue weighted by Crippen LogP contribution is -2.12. The number of carbonyl (C=O) groups is 1. The highest BCUT2D eigenvalue weighted by atomic mass is 35.5. The van der Waals surface area contributed by atoms with E-state index in [1.165, 1.54) is 0 Å². The summed E-state index contributed by atoms with van der Waals surface area (Å²) in [7, 11) is 0. The van der Waals surface area contributed by atoms with E-state index in [-0.39, 0.29) is 30.3 Å². The first-order chi connectivity index (χ1) is 8.61. The molecule has 0 amide bonds. The Balaban J connectivity index is 1.85. The maximum absolute atomic E-state index is 11.7. The molecule has 3 nitrogen and oxygen atoms in total. The number of nitrogens with zero attached hydrogens (tertiary/aromatic N) is 1. The van der Waals surface area contributed by atoms with Crippen molar-refractivity contribution in [2.24, 2.45) is 11.8 Å². The van der Waals surface area contributed by atoms with Gasteiger partial charge in [-0.2, -0.15) is 5.26 Å². The first-order valence-electron chi connectivity index (χ1n) is 5.93. The summed E-state index contributed by atoms with van der Waals surface area (Å²) < 4.78 is 5.11. The van der Waals surface area contributed by atoms with Gasteiger partial charge in [0.1, 0.15) is 6.61 Å². The monoisotopic (exact) mass is 263 g/mol. The molecule has 1 aromatic rings. The van der Waals surface area contributed by atoms with Gasteiger partial charge in [0.25, 0.3) is 0 Å². The molecule has 1 aliphatic carbocycles. The number of rotatable bonds is 4. The van der Waals surface area contributed by atoms with Gasteiger partial charge in [-0.25, -0.2) is 0 Å². The third-order valence-electron chi connectivity index (χ3n) is 3.09. The molecule has 0 N–H and O–H groups in total. The second-order valence-corrected chi connectivity index (χ2v) is 5.10. The van der Waals surface area contributed by atoms with Crippen molar-refractivity contribution in [1.82, 2.24) is 0 Å². The van der Waals surface area contributed by atoms with Gasteiger partial charge in [0, 0.05) is 5.02 Å². The molecule has 2 rings (SSSR count). The fourth-order valence-electron chi connectivity index (χ4n) is 1.89. The summed E-state index contributed by atoms with van der Waals surface area (Å²) in [6.07, 6.45) is 0.821. The Morgan fingerprint density at radius 3 is 2.83 bits per heavy atom. The van der Waals surface area contributed by atoms with Crippen LogP contribution in [0.5, 0.6) is 0 Å². The van der Waals surface area contributed by atoms with Crippen LogP contribution in [0.15, 0.2) is 24.3 Å². The van der Waals surface area contributed by atoms with Gasteiger partial charge in [-0.1, -0.05) is 23.7 Å². The van der Waals surface area contributed by atoms with Crippen LogP contribution in [0.2, 0.25) is 5.02 Å². The summed E-state index contributed by atoms with van der Waals surface area (Å²) in [6.45, 7) is 1.91. The molecule has 1 fully saturated rings. The Hall–Kier alpha value is -1.53. The minimum atomic E-state index is -0.248. The van der Waals surface area contributed by atoms with Gasteiger partial charge < -0.3 is 4.74 Å². The third-order valence-corrected chi connectivity index (χ3v) is 3.34. The first kappa shape index (κ1) is 12.9. The average molecular weight is 264 g/mol. The van der Waals surface area contributed by atoms with Gasteiger partial charge in [0.05, 0.1) is 17.9 Å². The molecule has 0 spiro atoms. The van der Waals surface area contributed by atoms with Crippen LogP contribution in [0.4, 0.5) is 0 Å². The maximum atomic E-state index is 11.7. The maximum Gasteiger partial charge on any atom is 0.309 e. The lowest BCUT2D eigenvalue weighted by Gasteiger charge is -2.05. The van der Waals surface area contributed by atoms with Crippen LogP contribution in [-0.2, 0) is 9.53 Å². The summed E-state index contributed by atoms with van der Waals surface area (Å²) in [6, 6.07) is 9.58. The molecule has 0 unspecified atom stereocenters. The molecular formula is C14H14ClNO2. The molecule has 0 bridgehead atoms. The minimum Gasteiger partial charge on any atom is -0.464 e. The molecule has 0 radical (unpaired) electrons. The summed E-state index contributed by atoms with van der Waals surface area (Å²) in [5, 5.41) is 9.30. The number of ether oxygens (including phenoxy) is 1. The van der Waals surface area contributed by atoms with Crippen molar-refractivity contribution in [3.8, 4) is 6.07 Å². The Morgan fingerprint density at radius 1 is 1.56 bits per heavy atom. The number of carbonyl (C=O) groups excluding carboxylic acids is 1. The van der Waals surface area contributed by atoms with Crippen molar-refractivity contribution < 1.29 is 9.53 Å². The van der Waals surface area contributed by atoms with Gasteiger partial charge in [-0.05, 0) is 37.0 Å². The highest BCUT2D eigenvalue weighted by Gasteiger charge is 2.45. The van der Waals surface area contributed by atoms with E-state index in [9.17, 15) is 4.79 Å². The van der Waals surface area contributed by atoms with E-state index >= 15 is 0 Å². The number of benzene rings is 1. The van der Waals surface area contributed by atoms with E-state index in [1.807, 2.05) is 30.3 Å². The lowest BCUT2D eigenvalue weighted by molar-refractivity contribution is -0.146. The smallest absolute Gasteiger partial charge is 0.309 e. The molecule has 1 aromatic carbocycles. The summed E-state index contributed by atoms with van der Waals surface area (Å²) in [4.78, 5) is 11.7. The van der Waals surface area contributed by atoms with E-state index in [4.69, 9.17) is 21.6 Å². The molecule has 1 saturated carbocycles. The third kappa shape index (κ3) is 3.02. The van der Waals surface area contributed by atoms with Gasteiger partial charge in [-0.15, -0.1) is 0 Å². The van der Waals surface area contributed by atoms with E-state index < -0.39 is 0 Å². The Kier molecular flexibility index (Phi) is 3.88. The largest absolute Gasteiger partial charge is 0.464 e. The van der Waals surface area contributed by atoms with Crippen molar-refractivity contribution in [3.05, 3.63) is 34.9 Å². The SMILES string of the molecule is C[C@H](C#N)COC(=O)[C@@H]1C[C@@H]1c1ccc(Cl)cc1. The van der Waals surface area contributed by atoms with E-state index in [0.29, 0.717) is 5.02 Å². The predicted molar refractivity (Wildman–Crippen MR) is 68.0 cm³/mol. The molecule has 0 aromatic heterocycles. The predicted octanol–water partition coefficient (Wildman–Crippen LogP) is 3.15. The zero-order valence-corrected chi connectivity index (χ0v) is 10.9. The quantitative estimate of drug-likeness (QED) is 0.784. The zero-order chi connectivity index (χ0) is 13.1. The van der Waals surface area contributed by atoms with Crippen molar-refractivity contribution in [2.45, 2.75) is 19.3 Å².